The number of ether oxygens (including phenoxy) is 2. The quantitative estimate of drug-likeness (QED) is 0.728. The van der Waals surface area contributed by atoms with Gasteiger partial charge in [0.1, 0.15) is 13.2 Å². The Labute approximate surface area is 83.3 Å². The Morgan fingerprint density at radius 1 is 1.21 bits per heavy atom. The number of benzene rings is 1. The van der Waals surface area contributed by atoms with Gasteiger partial charge in [-0.3, -0.25) is 0 Å². The van der Waals surface area contributed by atoms with E-state index in [0.29, 0.717) is 11.5 Å². The van der Waals surface area contributed by atoms with Crippen molar-refractivity contribution in [2.24, 2.45) is 0 Å². The lowest BCUT2D eigenvalue weighted by molar-refractivity contribution is 0.329. The molecule has 0 unspecified atom stereocenters. The summed E-state index contributed by atoms with van der Waals surface area (Å²) >= 11 is 0. The fourth-order valence-electron chi connectivity index (χ4n) is 0.959. The van der Waals surface area contributed by atoms with E-state index >= 15 is 0 Å². The molecule has 0 aromatic heterocycles. The second-order valence-electron chi connectivity index (χ2n) is 2.45. The molecular weight excluding hydrogens is 180 g/mol. The van der Waals surface area contributed by atoms with Gasteiger partial charge >= 0.3 is 0 Å². The number of aliphatic hydroxyl groups excluding tert-OH is 1. The van der Waals surface area contributed by atoms with Gasteiger partial charge in [0, 0.05) is 0 Å². The summed E-state index contributed by atoms with van der Waals surface area (Å²) in [6, 6.07) is 7.34. The molecule has 0 spiro atoms. The largest absolute Gasteiger partial charge is 0.493 e. The molecule has 0 aliphatic rings. The van der Waals surface area contributed by atoms with Gasteiger partial charge in [-0.15, -0.1) is 0 Å². The van der Waals surface area contributed by atoms with Crippen LogP contribution in [-0.4, -0.2) is 25.4 Å². The molecule has 0 heterocycles. The molecule has 3 heteroatoms. The summed E-state index contributed by atoms with van der Waals surface area (Å²) in [6.07, 6.45) is 0. The molecule has 0 bridgehead atoms. The highest BCUT2D eigenvalue weighted by atomic mass is 16.5. The van der Waals surface area contributed by atoms with E-state index in [1.807, 2.05) is 18.2 Å². The summed E-state index contributed by atoms with van der Waals surface area (Å²) in [6.45, 7) is 0.107. The van der Waals surface area contributed by atoms with Crippen molar-refractivity contribution in [2.45, 2.75) is 0 Å². The van der Waals surface area contributed by atoms with Crippen molar-refractivity contribution in [3.63, 3.8) is 0 Å². The van der Waals surface area contributed by atoms with E-state index in [1.54, 1.807) is 13.2 Å². The van der Waals surface area contributed by atoms with E-state index in [-0.39, 0.29) is 13.2 Å². The van der Waals surface area contributed by atoms with Crippen molar-refractivity contribution in [2.75, 3.05) is 20.3 Å². The first-order chi connectivity index (χ1) is 6.88. The first-order valence-corrected chi connectivity index (χ1v) is 4.21. The Hall–Kier alpha value is -1.66. The minimum atomic E-state index is -0.144. The van der Waals surface area contributed by atoms with Crippen molar-refractivity contribution >= 4 is 0 Å². The first-order valence-electron chi connectivity index (χ1n) is 4.21. The Morgan fingerprint density at radius 2 is 1.93 bits per heavy atom. The monoisotopic (exact) mass is 192 g/mol. The predicted octanol–water partition coefficient (Wildman–Crippen LogP) is 1.07. The normalized spacial score (nSPS) is 8.71. The number of methoxy groups -OCH3 is 1. The topological polar surface area (TPSA) is 38.7 Å². The maximum atomic E-state index is 8.41. The van der Waals surface area contributed by atoms with E-state index in [2.05, 4.69) is 11.8 Å². The number of rotatable bonds is 3. The summed E-state index contributed by atoms with van der Waals surface area (Å²) in [5, 5.41) is 8.41. The predicted molar refractivity (Wildman–Crippen MR) is 53.4 cm³/mol. The van der Waals surface area contributed by atoms with Crippen molar-refractivity contribution in [1.82, 2.24) is 0 Å². The summed E-state index contributed by atoms with van der Waals surface area (Å²) in [7, 11) is 1.58. The number of aliphatic hydroxyl groups is 1. The molecule has 1 N–H and O–H groups in total. The van der Waals surface area contributed by atoms with Crippen molar-refractivity contribution in [3.05, 3.63) is 24.3 Å². The van der Waals surface area contributed by atoms with Gasteiger partial charge in [-0.2, -0.15) is 0 Å². The molecule has 0 fully saturated rings. The highest BCUT2D eigenvalue weighted by Gasteiger charge is 1.99. The van der Waals surface area contributed by atoms with Gasteiger partial charge in [-0.25, -0.2) is 0 Å². The zero-order valence-corrected chi connectivity index (χ0v) is 7.99. The lowest BCUT2D eigenvalue weighted by Crippen LogP contribution is -1.96. The third-order valence-corrected chi connectivity index (χ3v) is 1.57. The average Bonchev–Trinajstić information content (AvgIpc) is 2.25. The molecule has 0 aliphatic carbocycles. The summed E-state index contributed by atoms with van der Waals surface area (Å²) in [4.78, 5) is 0. The van der Waals surface area contributed by atoms with Gasteiger partial charge in [0.25, 0.3) is 0 Å². The molecule has 1 aromatic carbocycles. The van der Waals surface area contributed by atoms with Gasteiger partial charge in [-0.05, 0) is 12.1 Å². The molecule has 0 saturated carbocycles. The Morgan fingerprint density at radius 3 is 2.57 bits per heavy atom. The van der Waals surface area contributed by atoms with Crippen LogP contribution >= 0.6 is 0 Å². The number of hydrogen-bond donors (Lipinski definition) is 1. The zero-order chi connectivity index (χ0) is 10.2. The van der Waals surface area contributed by atoms with Crippen LogP contribution in [-0.2, 0) is 0 Å². The minimum absolute atomic E-state index is 0.144. The minimum Gasteiger partial charge on any atom is -0.493 e. The molecular formula is C11H12O3. The van der Waals surface area contributed by atoms with Crippen LogP contribution in [0.15, 0.2) is 24.3 Å². The highest BCUT2D eigenvalue weighted by molar-refractivity contribution is 5.39. The molecule has 3 nitrogen and oxygen atoms in total. The molecule has 0 atom stereocenters. The second kappa shape index (κ2) is 5.90. The van der Waals surface area contributed by atoms with Gasteiger partial charge in [0.2, 0.25) is 0 Å². The molecule has 0 amide bonds. The molecule has 0 radical (unpaired) electrons. The van der Waals surface area contributed by atoms with Gasteiger partial charge in [0.05, 0.1) is 7.11 Å². The molecule has 1 aromatic rings. The van der Waals surface area contributed by atoms with Crippen LogP contribution in [0.3, 0.4) is 0 Å². The van der Waals surface area contributed by atoms with E-state index in [9.17, 15) is 0 Å². The van der Waals surface area contributed by atoms with Crippen molar-refractivity contribution in [3.8, 4) is 23.3 Å². The fraction of sp³-hybridized carbons (Fsp3) is 0.273. The Kier molecular flexibility index (Phi) is 4.39. The molecule has 0 aliphatic heterocycles. The molecule has 1 rings (SSSR count). The van der Waals surface area contributed by atoms with Crippen LogP contribution in [0, 0.1) is 11.8 Å². The molecule has 14 heavy (non-hydrogen) atoms. The van der Waals surface area contributed by atoms with Crippen LogP contribution in [0.5, 0.6) is 11.5 Å². The zero-order valence-electron chi connectivity index (χ0n) is 7.99. The number of para-hydroxylation sites is 2. The first kappa shape index (κ1) is 10.4. The summed E-state index contributed by atoms with van der Waals surface area (Å²) in [5.41, 5.74) is 0. The van der Waals surface area contributed by atoms with Crippen LogP contribution < -0.4 is 9.47 Å². The third-order valence-electron chi connectivity index (χ3n) is 1.57. The SMILES string of the molecule is COc1ccccc1OCC#CCO. The summed E-state index contributed by atoms with van der Waals surface area (Å²) < 4.78 is 10.4. The Bertz CT molecular complexity index is 336. The average molecular weight is 192 g/mol. The van der Waals surface area contributed by atoms with Gasteiger partial charge in [0.15, 0.2) is 11.5 Å². The standard InChI is InChI=1S/C11H12O3/c1-13-10-6-2-3-7-11(10)14-9-5-4-8-12/h2-3,6-7,12H,8-9H2,1H3. The lowest BCUT2D eigenvalue weighted by atomic mass is 10.3. The maximum Gasteiger partial charge on any atom is 0.162 e. The van der Waals surface area contributed by atoms with E-state index in [1.165, 1.54) is 0 Å². The molecule has 74 valence electrons. The Balaban J connectivity index is 2.57. The number of hydrogen-bond acceptors (Lipinski definition) is 3. The van der Waals surface area contributed by atoms with Gasteiger partial charge < -0.3 is 14.6 Å². The van der Waals surface area contributed by atoms with E-state index in [4.69, 9.17) is 14.6 Å². The van der Waals surface area contributed by atoms with Crippen LogP contribution in [0.25, 0.3) is 0 Å². The smallest absolute Gasteiger partial charge is 0.162 e. The maximum absolute atomic E-state index is 8.41. The van der Waals surface area contributed by atoms with E-state index < -0.39 is 0 Å². The van der Waals surface area contributed by atoms with Crippen molar-refractivity contribution < 1.29 is 14.6 Å². The van der Waals surface area contributed by atoms with Crippen LogP contribution in [0.1, 0.15) is 0 Å². The fourth-order valence-corrected chi connectivity index (χ4v) is 0.959. The second-order valence-corrected chi connectivity index (χ2v) is 2.45. The lowest BCUT2D eigenvalue weighted by Gasteiger charge is -2.06. The van der Waals surface area contributed by atoms with Gasteiger partial charge in [-0.1, -0.05) is 24.0 Å². The summed E-state index contributed by atoms with van der Waals surface area (Å²) in [5.74, 6) is 6.49. The van der Waals surface area contributed by atoms with E-state index in [0.717, 1.165) is 0 Å². The third kappa shape index (κ3) is 3.00. The van der Waals surface area contributed by atoms with Crippen molar-refractivity contribution in [1.29, 1.82) is 0 Å². The van der Waals surface area contributed by atoms with Crippen LogP contribution in [0.2, 0.25) is 0 Å². The van der Waals surface area contributed by atoms with Crippen LogP contribution in [0.4, 0.5) is 0 Å². The molecule has 0 saturated heterocycles. The highest BCUT2D eigenvalue weighted by Crippen LogP contribution is 2.25.